The first-order valence-corrected chi connectivity index (χ1v) is 8.31. The Bertz CT molecular complexity index is 731. The summed E-state index contributed by atoms with van der Waals surface area (Å²) in [7, 11) is 0. The summed E-state index contributed by atoms with van der Waals surface area (Å²) in [5.74, 6) is -1.64. The molecule has 2 atom stereocenters. The van der Waals surface area contributed by atoms with Gasteiger partial charge in [0, 0.05) is 0 Å². The highest BCUT2D eigenvalue weighted by atomic mass is 19.1. The largest absolute Gasteiger partial charge is 0.348 e. The number of benzene rings is 2. The third kappa shape index (κ3) is 4.89. The summed E-state index contributed by atoms with van der Waals surface area (Å²) in [4.78, 5) is 24.9. The van der Waals surface area contributed by atoms with Gasteiger partial charge >= 0.3 is 0 Å². The van der Waals surface area contributed by atoms with Crippen molar-refractivity contribution in [1.29, 1.82) is 0 Å². The first kappa shape index (κ1) is 18.6. The molecule has 2 rings (SSSR count). The number of rotatable bonds is 6. The van der Waals surface area contributed by atoms with Crippen LogP contribution >= 0.6 is 0 Å². The molecule has 4 nitrogen and oxygen atoms in total. The Labute approximate surface area is 147 Å². The Morgan fingerprint density at radius 1 is 0.880 bits per heavy atom. The van der Waals surface area contributed by atoms with Crippen molar-refractivity contribution < 1.29 is 14.0 Å². The standard InChI is InChI=1S/C20H23FN2O2/c1-13(2)18(23-19(24)16-11-7-8-12-17(16)21)20(25)22-14(3)15-9-5-4-6-10-15/h4-14,18H,1-3H3,(H,22,25)(H,23,24)/t14?,18-/m1/s1. The molecule has 0 saturated heterocycles. The molecule has 2 amide bonds. The van der Waals surface area contributed by atoms with Crippen LogP contribution in [0.2, 0.25) is 0 Å². The normalized spacial score (nSPS) is 13.2. The Morgan fingerprint density at radius 3 is 2.08 bits per heavy atom. The fourth-order valence-electron chi connectivity index (χ4n) is 2.53. The number of hydrogen-bond acceptors (Lipinski definition) is 2. The van der Waals surface area contributed by atoms with Gasteiger partial charge in [-0.2, -0.15) is 0 Å². The van der Waals surface area contributed by atoms with Crippen LogP contribution in [0.1, 0.15) is 42.7 Å². The molecule has 0 aliphatic rings. The molecule has 0 saturated carbocycles. The SMILES string of the molecule is CC(NC(=O)[C@H](NC(=O)c1ccccc1F)C(C)C)c1ccccc1. The van der Waals surface area contributed by atoms with Gasteiger partial charge in [0.2, 0.25) is 5.91 Å². The van der Waals surface area contributed by atoms with E-state index in [0.29, 0.717) is 0 Å². The van der Waals surface area contributed by atoms with Crippen LogP contribution in [-0.4, -0.2) is 17.9 Å². The molecule has 0 aromatic heterocycles. The molecule has 0 spiro atoms. The molecule has 2 aromatic rings. The van der Waals surface area contributed by atoms with Crippen molar-refractivity contribution in [3.05, 3.63) is 71.5 Å². The smallest absolute Gasteiger partial charge is 0.254 e. The van der Waals surface area contributed by atoms with Crippen molar-refractivity contribution in [2.24, 2.45) is 5.92 Å². The Hall–Kier alpha value is -2.69. The van der Waals surface area contributed by atoms with Crippen molar-refractivity contribution in [3.63, 3.8) is 0 Å². The number of carbonyl (C=O) groups is 2. The molecular formula is C20H23FN2O2. The monoisotopic (exact) mass is 342 g/mol. The number of halogens is 1. The van der Waals surface area contributed by atoms with E-state index in [4.69, 9.17) is 0 Å². The fraction of sp³-hybridized carbons (Fsp3) is 0.300. The first-order valence-electron chi connectivity index (χ1n) is 8.31. The van der Waals surface area contributed by atoms with Crippen molar-refractivity contribution >= 4 is 11.8 Å². The molecule has 0 radical (unpaired) electrons. The minimum Gasteiger partial charge on any atom is -0.348 e. The van der Waals surface area contributed by atoms with E-state index < -0.39 is 17.8 Å². The summed E-state index contributed by atoms with van der Waals surface area (Å²) in [5.41, 5.74) is 0.899. The third-order valence-electron chi connectivity index (χ3n) is 4.01. The summed E-state index contributed by atoms with van der Waals surface area (Å²) in [5, 5.41) is 5.54. The van der Waals surface area contributed by atoms with E-state index in [-0.39, 0.29) is 23.4 Å². The van der Waals surface area contributed by atoms with Crippen LogP contribution in [0.3, 0.4) is 0 Å². The third-order valence-corrected chi connectivity index (χ3v) is 4.01. The van der Waals surface area contributed by atoms with Gasteiger partial charge in [-0.05, 0) is 30.5 Å². The predicted molar refractivity (Wildman–Crippen MR) is 95.5 cm³/mol. The Morgan fingerprint density at radius 2 is 1.48 bits per heavy atom. The average molecular weight is 342 g/mol. The maximum Gasteiger partial charge on any atom is 0.254 e. The molecule has 2 N–H and O–H groups in total. The van der Waals surface area contributed by atoms with E-state index >= 15 is 0 Å². The van der Waals surface area contributed by atoms with Gasteiger partial charge in [0.15, 0.2) is 0 Å². The van der Waals surface area contributed by atoms with E-state index in [9.17, 15) is 14.0 Å². The number of nitrogens with one attached hydrogen (secondary N) is 2. The van der Waals surface area contributed by atoms with E-state index in [1.165, 1.54) is 18.2 Å². The van der Waals surface area contributed by atoms with Gasteiger partial charge in [-0.15, -0.1) is 0 Å². The summed E-state index contributed by atoms with van der Waals surface area (Å²) in [6, 6.07) is 14.3. The predicted octanol–water partition coefficient (Wildman–Crippen LogP) is 3.46. The molecule has 25 heavy (non-hydrogen) atoms. The van der Waals surface area contributed by atoms with Crippen LogP contribution < -0.4 is 10.6 Å². The second-order valence-electron chi connectivity index (χ2n) is 6.32. The van der Waals surface area contributed by atoms with Crippen LogP contribution in [0.25, 0.3) is 0 Å². The van der Waals surface area contributed by atoms with Crippen LogP contribution in [0.5, 0.6) is 0 Å². The molecule has 0 aliphatic heterocycles. The molecule has 0 fully saturated rings. The van der Waals surface area contributed by atoms with E-state index in [2.05, 4.69) is 10.6 Å². The molecule has 0 heterocycles. The van der Waals surface area contributed by atoms with Crippen LogP contribution in [0.15, 0.2) is 54.6 Å². The van der Waals surface area contributed by atoms with E-state index in [1.807, 2.05) is 51.1 Å². The zero-order valence-electron chi connectivity index (χ0n) is 14.6. The lowest BCUT2D eigenvalue weighted by atomic mass is 10.0. The van der Waals surface area contributed by atoms with Crippen molar-refractivity contribution in [2.75, 3.05) is 0 Å². The van der Waals surface area contributed by atoms with Gasteiger partial charge in [-0.25, -0.2) is 4.39 Å². The zero-order valence-corrected chi connectivity index (χ0v) is 14.6. The Balaban J connectivity index is 2.08. The second-order valence-corrected chi connectivity index (χ2v) is 6.32. The summed E-state index contributed by atoms with van der Waals surface area (Å²) in [6.45, 7) is 5.54. The fourth-order valence-corrected chi connectivity index (χ4v) is 2.53. The minimum absolute atomic E-state index is 0.0722. The highest BCUT2D eigenvalue weighted by Crippen LogP contribution is 2.13. The molecule has 5 heteroatoms. The van der Waals surface area contributed by atoms with E-state index in [1.54, 1.807) is 6.07 Å². The molecular weight excluding hydrogens is 319 g/mol. The average Bonchev–Trinajstić information content (AvgIpc) is 2.60. The lowest BCUT2D eigenvalue weighted by Gasteiger charge is -2.24. The summed E-state index contributed by atoms with van der Waals surface area (Å²) < 4.78 is 13.8. The lowest BCUT2D eigenvalue weighted by Crippen LogP contribution is -2.50. The maximum absolute atomic E-state index is 13.8. The molecule has 132 valence electrons. The van der Waals surface area contributed by atoms with Gasteiger partial charge in [0.05, 0.1) is 11.6 Å². The molecule has 0 bridgehead atoms. The van der Waals surface area contributed by atoms with Crippen molar-refractivity contribution in [3.8, 4) is 0 Å². The molecule has 1 unspecified atom stereocenters. The van der Waals surface area contributed by atoms with Crippen LogP contribution in [0, 0.1) is 11.7 Å². The second kappa shape index (κ2) is 8.42. The lowest BCUT2D eigenvalue weighted by molar-refractivity contribution is -0.124. The quantitative estimate of drug-likeness (QED) is 0.845. The van der Waals surface area contributed by atoms with Crippen molar-refractivity contribution in [2.45, 2.75) is 32.9 Å². The van der Waals surface area contributed by atoms with Crippen LogP contribution in [0.4, 0.5) is 4.39 Å². The maximum atomic E-state index is 13.8. The summed E-state index contributed by atoms with van der Waals surface area (Å²) >= 11 is 0. The van der Waals surface area contributed by atoms with Gasteiger partial charge in [-0.3, -0.25) is 9.59 Å². The minimum atomic E-state index is -0.752. The number of amides is 2. The van der Waals surface area contributed by atoms with Crippen molar-refractivity contribution in [1.82, 2.24) is 10.6 Å². The van der Waals surface area contributed by atoms with Crippen LogP contribution in [-0.2, 0) is 4.79 Å². The van der Waals surface area contributed by atoms with Gasteiger partial charge in [0.25, 0.3) is 5.91 Å². The topological polar surface area (TPSA) is 58.2 Å². The number of carbonyl (C=O) groups excluding carboxylic acids is 2. The van der Waals surface area contributed by atoms with Gasteiger partial charge in [-0.1, -0.05) is 56.3 Å². The van der Waals surface area contributed by atoms with Gasteiger partial charge in [0.1, 0.15) is 11.9 Å². The highest BCUT2D eigenvalue weighted by molar-refractivity contribution is 5.97. The number of hydrogen-bond donors (Lipinski definition) is 2. The van der Waals surface area contributed by atoms with Gasteiger partial charge < -0.3 is 10.6 Å². The molecule has 2 aromatic carbocycles. The molecule has 0 aliphatic carbocycles. The zero-order chi connectivity index (χ0) is 18.4. The highest BCUT2D eigenvalue weighted by Gasteiger charge is 2.26. The Kier molecular flexibility index (Phi) is 6.28. The summed E-state index contributed by atoms with van der Waals surface area (Å²) in [6.07, 6.45) is 0. The van der Waals surface area contributed by atoms with E-state index in [0.717, 1.165) is 5.56 Å². The first-order chi connectivity index (χ1) is 11.9.